The number of ether oxygens (including phenoxy) is 1. The van der Waals surface area contributed by atoms with Gasteiger partial charge in [0, 0.05) is 29.2 Å². The highest BCUT2D eigenvalue weighted by atomic mass is 35.5. The van der Waals surface area contributed by atoms with Gasteiger partial charge in [-0.15, -0.1) is 0 Å². The minimum atomic E-state index is -0.498. The van der Waals surface area contributed by atoms with Crippen LogP contribution >= 0.6 is 23.2 Å². The molecule has 0 saturated heterocycles. The van der Waals surface area contributed by atoms with Gasteiger partial charge >= 0.3 is 6.09 Å². The molecule has 1 rings (SSSR count). The molecule has 0 aliphatic heterocycles. The van der Waals surface area contributed by atoms with Gasteiger partial charge in [-0.3, -0.25) is 0 Å². The maximum atomic E-state index is 11.8. The van der Waals surface area contributed by atoms with Gasteiger partial charge in [0.15, 0.2) is 0 Å². The van der Waals surface area contributed by atoms with E-state index in [2.05, 4.69) is 24.5 Å². The Morgan fingerprint density at radius 2 is 1.91 bits per heavy atom. The molecule has 1 amide bonds. The zero-order valence-electron chi connectivity index (χ0n) is 14.4. The van der Waals surface area contributed by atoms with Crippen molar-refractivity contribution in [1.82, 2.24) is 10.6 Å². The highest BCUT2D eigenvalue weighted by molar-refractivity contribution is 6.35. The van der Waals surface area contributed by atoms with Crippen molar-refractivity contribution in [3.8, 4) is 0 Å². The van der Waals surface area contributed by atoms with Crippen molar-refractivity contribution in [2.24, 2.45) is 5.92 Å². The fourth-order valence-corrected chi connectivity index (χ4v) is 2.43. The first kappa shape index (κ1) is 20.1. The smallest absolute Gasteiger partial charge is 0.407 e. The third-order valence-electron chi connectivity index (χ3n) is 3.24. The number of carbonyl (C=O) groups is 1. The standard InChI is InChI=1S/C17H26Cl2N2O2/c1-11(2)15(10-21-16(22)23-17(3,4)5)20-9-12-6-7-13(18)8-14(12)19/h6-8,11,15,20H,9-10H2,1-5H3,(H,21,22). The van der Waals surface area contributed by atoms with Crippen LogP contribution in [0.25, 0.3) is 0 Å². The van der Waals surface area contributed by atoms with E-state index in [4.69, 9.17) is 27.9 Å². The van der Waals surface area contributed by atoms with Crippen molar-refractivity contribution in [2.75, 3.05) is 6.54 Å². The summed E-state index contributed by atoms with van der Waals surface area (Å²) in [6, 6.07) is 5.54. The predicted octanol–water partition coefficient (Wildman–Crippen LogP) is 4.63. The lowest BCUT2D eigenvalue weighted by molar-refractivity contribution is 0.0519. The van der Waals surface area contributed by atoms with Crippen molar-refractivity contribution < 1.29 is 9.53 Å². The van der Waals surface area contributed by atoms with Gasteiger partial charge in [-0.05, 0) is 44.4 Å². The van der Waals surface area contributed by atoms with Gasteiger partial charge in [0.25, 0.3) is 0 Å². The molecule has 0 radical (unpaired) electrons. The van der Waals surface area contributed by atoms with Crippen LogP contribution in [0.3, 0.4) is 0 Å². The lowest BCUT2D eigenvalue weighted by Crippen LogP contribution is -2.45. The zero-order chi connectivity index (χ0) is 17.6. The summed E-state index contributed by atoms with van der Waals surface area (Å²) in [6.45, 7) is 10.8. The topological polar surface area (TPSA) is 50.4 Å². The molecule has 0 aliphatic rings. The van der Waals surface area contributed by atoms with Crippen molar-refractivity contribution in [1.29, 1.82) is 0 Å². The van der Waals surface area contributed by atoms with E-state index in [0.717, 1.165) is 5.56 Å². The summed E-state index contributed by atoms with van der Waals surface area (Å²) in [5, 5.41) is 7.47. The van der Waals surface area contributed by atoms with Crippen LogP contribution in [0.2, 0.25) is 10.0 Å². The Morgan fingerprint density at radius 1 is 1.26 bits per heavy atom. The van der Waals surface area contributed by atoms with E-state index < -0.39 is 11.7 Å². The van der Waals surface area contributed by atoms with E-state index >= 15 is 0 Å². The number of hydrogen-bond acceptors (Lipinski definition) is 3. The molecule has 0 saturated carbocycles. The number of alkyl carbamates (subject to hydrolysis) is 1. The van der Waals surface area contributed by atoms with Gasteiger partial charge in [-0.1, -0.05) is 43.1 Å². The van der Waals surface area contributed by atoms with Crippen LogP contribution < -0.4 is 10.6 Å². The molecular weight excluding hydrogens is 335 g/mol. The van der Waals surface area contributed by atoms with E-state index in [1.54, 1.807) is 6.07 Å². The lowest BCUT2D eigenvalue weighted by atomic mass is 10.0. The van der Waals surface area contributed by atoms with Crippen molar-refractivity contribution in [3.05, 3.63) is 33.8 Å². The number of hydrogen-bond donors (Lipinski definition) is 2. The van der Waals surface area contributed by atoms with Crippen LogP contribution in [0, 0.1) is 5.92 Å². The fourth-order valence-electron chi connectivity index (χ4n) is 1.96. The van der Waals surface area contributed by atoms with Gasteiger partial charge < -0.3 is 15.4 Å². The SMILES string of the molecule is CC(C)C(CNC(=O)OC(C)(C)C)NCc1ccc(Cl)cc1Cl. The molecule has 1 atom stereocenters. The second-order valence-corrected chi connectivity index (χ2v) is 7.69. The lowest BCUT2D eigenvalue weighted by Gasteiger charge is -2.25. The van der Waals surface area contributed by atoms with E-state index in [-0.39, 0.29) is 6.04 Å². The van der Waals surface area contributed by atoms with Crippen LogP contribution in [0.4, 0.5) is 4.79 Å². The minimum Gasteiger partial charge on any atom is -0.444 e. The molecule has 4 nitrogen and oxygen atoms in total. The molecule has 0 aliphatic carbocycles. The molecule has 1 aromatic rings. The first-order valence-electron chi connectivity index (χ1n) is 7.72. The summed E-state index contributed by atoms with van der Waals surface area (Å²) >= 11 is 12.1. The third kappa shape index (κ3) is 7.91. The highest BCUT2D eigenvalue weighted by Gasteiger charge is 2.19. The number of nitrogens with one attached hydrogen (secondary N) is 2. The Balaban J connectivity index is 2.54. The summed E-state index contributed by atoms with van der Waals surface area (Å²) in [5.41, 5.74) is 0.473. The number of halogens is 2. The first-order valence-corrected chi connectivity index (χ1v) is 8.48. The summed E-state index contributed by atoms with van der Waals surface area (Å²) in [6.07, 6.45) is -0.408. The van der Waals surface area contributed by atoms with Gasteiger partial charge in [0.1, 0.15) is 5.60 Å². The van der Waals surface area contributed by atoms with E-state index in [1.165, 1.54) is 0 Å². The normalized spacial score (nSPS) is 13.0. The monoisotopic (exact) mass is 360 g/mol. The average molecular weight is 361 g/mol. The van der Waals surface area contributed by atoms with Gasteiger partial charge in [0.2, 0.25) is 0 Å². The zero-order valence-corrected chi connectivity index (χ0v) is 15.9. The Morgan fingerprint density at radius 3 is 2.43 bits per heavy atom. The molecule has 1 unspecified atom stereocenters. The van der Waals surface area contributed by atoms with E-state index in [9.17, 15) is 4.79 Å². The summed E-state index contributed by atoms with van der Waals surface area (Å²) in [7, 11) is 0. The Hall–Kier alpha value is -0.970. The average Bonchev–Trinajstić information content (AvgIpc) is 2.38. The second kappa shape index (κ2) is 8.76. The number of benzene rings is 1. The summed E-state index contributed by atoms with van der Waals surface area (Å²) < 4.78 is 5.25. The number of rotatable bonds is 6. The van der Waals surface area contributed by atoms with Crippen molar-refractivity contribution in [3.63, 3.8) is 0 Å². The molecule has 1 aromatic carbocycles. The molecule has 6 heteroatoms. The van der Waals surface area contributed by atoms with E-state index in [0.29, 0.717) is 29.1 Å². The van der Waals surface area contributed by atoms with Gasteiger partial charge in [-0.25, -0.2) is 4.79 Å². The predicted molar refractivity (Wildman–Crippen MR) is 96.2 cm³/mol. The molecule has 23 heavy (non-hydrogen) atoms. The quantitative estimate of drug-likeness (QED) is 0.777. The van der Waals surface area contributed by atoms with Crippen LogP contribution in [-0.4, -0.2) is 24.3 Å². The Kier molecular flexibility index (Phi) is 7.65. The van der Waals surface area contributed by atoms with E-state index in [1.807, 2.05) is 32.9 Å². The minimum absolute atomic E-state index is 0.106. The largest absolute Gasteiger partial charge is 0.444 e. The molecule has 0 bridgehead atoms. The highest BCUT2D eigenvalue weighted by Crippen LogP contribution is 2.21. The van der Waals surface area contributed by atoms with Crippen LogP contribution in [-0.2, 0) is 11.3 Å². The number of carbonyl (C=O) groups excluding carboxylic acids is 1. The molecule has 0 heterocycles. The fraction of sp³-hybridized carbons (Fsp3) is 0.588. The summed E-state index contributed by atoms with van der Waals surface area (Å²) in [4.78, 5) is 11.8. The van der Waals surface area contributed by atoms with Crippen molar-refractivity contribution in [2.45, 2.75) is 52.8 Å². The Labute approximate surface area is 148 Å². The summed E-state index contributed by atoms with van der Waals surface area (Å²) in [5.74, 6) is 0.344. The van der Waals surface area contributed by atoms with Crippen LogP contribution in [0.1, 0.15) is 40.2 Å². The third-order valence-corrected chi connectivity index (χ3v) is 3.83. The first-order chi connectivity index (χ1) is 10.6. The molecule has 130 valence electrons. The molecular formula is C17H26Cl2N2O2. The maximum Gasteiger partial charge on any atom is 0.407 e. The maximum absolute atomic E-state index is 11.8. The van der Waals surface area contributed by atoms with Gasteiger partial charge in [-0.2, -0.15) is 0 Å². The van der Waals surface area contributed by atoms with Gasteiger partial charge in [0.05, 0.1) is 0 Å². The molecule has 0 fully saturated rings. The molecule has 0 spiro atoms. The number of amides is 1. The molecule has 2 N–H and O–H groups in total. The van der Waals surface area contributed by atoms with Crippen molar-refractivity contribution >= 4 is 29.3 Å². The molecule has 0 aromatic heterocycles. The second-order valence-electron chi connectivity index (χ2n) is 6.85. The van der Waals surface area contributed by atoms with Crippen LogP contribution in [0.5, 0.6) is 0 Å². The van der Waals surface area contributed by atoms with Crippen LogP contribution in [0.15, 0.2) is 18.2 Å². The Bertz CT molecular complexity index is 528.